The van der Waals surface area contributed by atoms with Crippen LogP contribution in [0.25, 0.3) is 0 Å². The van der Waals surface area contributed by atoms with Gasteiger partial charge in [0.2, 0.25) is 5.91 Å². The second-order valence-corrected chi connectivity index (χ2v) is 6.89. The van der Waals surface area contributed by atoms with Gasteiger partial charge < -0.3 is 10.6 Å². The molecule has 0 aliphatic carbocycles. The third-order valence-electron chi connectivity index (χ3n) is 4.59. The van der Waals surface area contributed by atoms with Crippen LogP contribution in [0.3, 0.4) is 0 Å². The molecule has 0 heterocycles. The maximum Gasteiger partial charge on any atom is 0.326 e. The zero-order valence-corrected chi connectivity index (χ0v) is 16.9. The van der Waals surface area contributed by atoms with Crippen LogP contribution in [0.4, 0.5) is 16.2 Å². The average molecular weight is 382 g/mol. The Kier molecular flexibility index (Phi) is 9.05. The van der Waals surface area contributed by atoms with Crippen LogP contribution < -0.4 is 15.5 Å². The molecular formula is C23H31N3O2. The van der Waals surface area contributed by atoms with Crippen LogP contribution in [0.5, 0.6) is 0 Å². The van der Waals surface area contributed by atoms with Gasteiger partial charge in [-0.1, -0.05) is 56.2 Å². The number of anilines is 2. The lowest BCUT2D eigenvalue weighted by Gasteiger charge is -2.24. The van der Waals surface area contributed by atoms with E-state index < -0.39 is 0 Å². The van der Waals surface area contributed by atoms with Crippen molar-refractivity contribution < 1.29 is 9.59 Å². The number of nitrogens with one attached hydrogen (secondary N) is 2. The quantitative estimate of drug-likeness (QED) is 0.561. The van der Waals surface area contributed by atoms with Crippen molar-refractivity contribution in [2.24, 2.45) is 0 Å². The maximum atomic E-state index is 12.9. The second-order valence-electron chi connectivity index (χ2n) is 6.89. The van der Waals surface area contributed by atoms with Crippen LogP contribution in [0.2, 0.25) is 0 Å². The van der Waals surface area contributed by atoms with Crippen LogP contribution in [-0.4, -0.2) is 25.0 Å². The molecule has 2 N–H and O–H groups in total. The minimum Gasteiger partial charge on any atom is -0.356 e. The highest BCUT2D eigenvalue weighted by atomic mass is 16.2. The summed E-state index contributed by atoms with van der Waals surface area (Å²) in [6, 6.07) is 17.1. The van der Waals surface area contributed by atoms with Gasteiger partial charge in [0.1, 0.15) is 0 Å². The molecule has 0 aromatic heterocycles. The smallest absolute Gasteiger partial charge is 0.326 e. The highest BCUT2D eigenvalue weighted by Crippen LogP contribution is 2.18. The monoisotopic (exact) mass is 381 g/mol. The lowest BCUT2D eigenvalue weighted by atomic mass is 10.2. The molecule has 3 amide bonds. The van der Waals surface area contributed by atoms with E-state index in [4.69, 9.17) is 0 Å². The summed E-state index contributed by atoms with van der Waals surface area (Å²) >= 11 is 0. The molecule has 5 nitrogen and oxygen atoms in total. The Balaban J connectivity index is 1.92. The highest BCUT2D eigenvalue weighted by Gasteiger charge is 2.16. The number of amides is 3. The van der Waals surface area contributed by atoms with Gasteiger partial charge >= 0.3 is 6.03 Å². The normalized spacial score (nSPS) is 10.4. The first kappa shape index (κ1) is 21.5. The van der Waals surface area contributed by atoms with E-state index in [1.165, 1.54) is 0 Å². The number of benzene rings is 2. The molecule has 0 radical (unpaired) electrons. The van der Waals surface area contributed by atoms with E-state index in [-0.39, 0.29) is 11.9 Å². The number of hydrogen-bond acceptors (Lipinski definition) is 2. The van der Waals surface area contributed by atoms with Gasteiger partial charge in [-0.2, -0.15) is 0 Å². The molecular weight excluding hydrogens is 350 g/mol. The van der Waals surface area contributed by atoms with E-state index in [9.17, 15) is 9.59 Å². The van der Waals surface area contributed by atoms with Gasteiger partial charge in [-0.3, -0.25) is 9.69 Å². The Hall–Kier alpha value is -2.82. The van der Waals surface area contributed by atoms with E-state index in [1.54, 1.807) is 4.90 Å². The maximum absolute atomic E-state index is 12.9. The Morgan fingerprint density at radius 2 is 1.64 bits per heavy atom. The van der Waals surface area contributed by atoms with Gasteiger partial charge in [0.25, 0.3) is 0 Å². The fraction of sp³-hybridized carbons (Fsp3) is 0.391. The van der Waals surface area contributed by atoms with E-state index in [0.717, 1.165) is 36.2 Å². The van der Waals surface area contributed by atoms with Gasteiger partial charge in [-0.05, 0) is 43.5 Å². The molecule has 0 aliphatic rings. The summed E-state index contributed by atoms with van der Waals surface area (Å²) in [6.45, 7) is 5.18. The van der Waals surface area contributed by atoms with Gasteiger partial charge in [-0.15, -0.1) is 0 Å². The number of hydrogen-bond donors (Lipinski definition) is 2. The third-order valence-corrected chi connectivity index (χ3v) is 4.59. The number of para-hydroxylation sites is 2. The highest BCUT2D eigenvalue weighted by molar-refractivity contribution is 6.02. The van der Waals surface area contributed by atoms with Crippen molar-refractivity contribution in [3.05, 3.63) is 60.2 Å². The summed E-state index contributed by atoms with van der Waals surface area (Å²) in [7, 11) is 0. The Morgan fingerprint density at radius 1 is 0.929 bits per heavy atom. The number of aryl methyl sites for hydroxylation is 1. The largest absolute Gasteiger partial charge is 0.356 e. The predicted octanol–water partition coefficient (Wildman–Crippen LogP) is 5.12. The van der Waals surface area contributed by atoms with Crippen LogP contribution in [0.15, 0.2) is 54.6 Å². The number of nitrogens with zero attached hydrogens (tertiary/aromatic N) is 1. The fourth-order valence-electron chi connectivity index (χ4n) is 2.94. The molecule has 5 heteroatoms. The van der Waals surface area contributed by atoms with Crippen molar-refractivity contribution in [2.45, 2.75) is 46.0 Å². The van der Waals surface area contributed by atoms with Crippen molar-refractivity contribution in [1.82, 2.24) is 5.32 Å². The first-order valence-electron chi connectivity index (χ1n) is 10.1. The molecule has 0 aliphatic heterocycles. The van der Waals surface area contributed by atoms with Crippen molar-refractivity contribution in [2.75, 3.05) is 23.3 Å². The molecule has 0 fully saturated rings. The molecule has 0 unspecified atom stereocenters. The fourth-order valence-corrected chi connectivity index (χ4v) is 2.94. The van der Waals surface area contributed by atoms with E-state index in [0.29, 0.717) is 25.9 Å². The molecule has 0 saturated heterocycles. The van der Waals surface area contributed by atoms with E-state index in [2.05, 4.69) is 17.6 Å². The minimum absolute atomic E-state index is 0.0871. The third kappa shape index (κ3) is 7.06. The number of urea groups is 1. The standard InChI is InChI=1S/C23H31N3O2/c1-3-4-6-16-22(27)24-17-11-18-26(20-13-7-5-8-14-20)23(28)25-21-15-10-9-12-19(21)2/h5,7-10,12-15H,3-4,6,11,16-18H2,1-2H3,(H,24,27)(H,25,28). The number of carbonyl (C=O) groups is 2. The van der Waals surface area contributed by atoms with Gasteiger partial charge in [0.05, 0.1) is 0 Å². The lowest BCUT2D eigenvalue weighted by molar-refractivity contribution is -0.121. The zero-order chi connectivity index (χ0) is 20.2. The van der Waals surface area contributed by atoms with Crippen molar-refractivity contribution in [3.8, 4) is 0 Å². The first-order valence-corrected chi connectivity index (χ1v) is 10.1. The summed E-state index contributed by atoms with van der Waals surface area (Å²) < 4.78 is 0. The van der Waals surface area contributed by atoms with E-state index in [1.807, 2.05) is 61.5 Å². The van der Waals surface area contributed by atoms with Gasteiger partial charge in [0, 0.05) is 30.9 Å². The number of unbranched alkanes of at least 4 members (excludes halogenated alkanes) is 2. The summed E-state index contributed by atoms with van der Waals surface area (Å²) in [4.78, 5) is 26.5. The molecule has 0 spiro atoms. The molecule has 2 aromatic carbocycles. The summed E-state index contributed by atoms with van der Waals surface area (Å²) in [5, 5.41) is 5.94. The minimum atomic E-state index is -0.172. The molecule has 0 atom stereocenters. The Labute approximate surface area is 168 Å². The molecule has 150 valence electrons. The van der Waals surface area contributed by atoms with Crippen LogP contribution in [-0.2, 0) is 4.79 Å². The lowest BCUT2D eigenvalue weighted by Crippen LogP contribution is -2.37. The van der Waals surface area contributed by atoms with E-state index >= 15 is 0 Å². The molecule has 0 bridgehead atoms. The van der Waals surface area contributed by atoms with Crippen LogP contribution in [0.1, 0.15) is 44.6 Å². The molecule has 2 aromatic rings. The van der Waals surface area contributed by atoms with Gasteiger partial charge in [0.15, 0.2) is 0 Å². The Bertz CT molecular complexity index is 747. The number of rotatable bonds is 10. The Morgan fingerprint density at radius 3 is 2.36 bits per heavy atom. The number of carbonyl (C=O) groups excluding carboxylic acids is 2. The average Bonchev–Trinajstić information content (AvgIpc) is 2.70. The zero-order valence-electron chi connectivity index (χ0n) is 16.9. The van der Waals surface area contributed by atoms with Crippen molar-refractivity contribution >= 4 is 23.3 Å². The summed E-state index contributed by atoms with van der Waals surface area (Å²) in [6.07, 6.45) is 4.38. The summed E-state index contributed by atoms with van der Waals surface area (Å²) in [5.41, 5.74) is 2.66. The van der Waals surface area contributed by atoms with Crippen molar-refractivity contribution in [3.63, 3.8) is 0 Å². The molecule has 2 rings (SSSR count). The SMILES string of the molecule is CCCCCC(=O)NCCCN(C(=O)Nc1ccccc1C)c1ccccc1. The van der Waals surface area contributed by atoms with Gasteiger partial charge in [-0.25, -0.2) is 4.79 Å². The van der Waals surface area contributed by atoms with Crippen molar-refractivity contribution in [1.29, 1.82) is 0 Å². The second kappa shape index (κ2) is 11.8. The summed E-state index contributed by atoms with van der Waals surface area (Å²) in [5.74, 6) is 0.0871. The molecule has 0 saturated carbocycles. The molecule has 28 heavy (non-hydrogen) atoms. The van der Waals surface area contributed by atoms with Crippen LogP contribution >= 0.6 is 0 Å². The topological polar surface area (TPSA) is 61.4 Å². The predicted molar refractivity (Wildman–Crippen MR) is 116 cm³/mol. The first-order chi connectivity index (χ1) is 13.6. The van der Waals surface area contributed by atoms with Crippen LogP contribution in [0, 0.1) is 6.92 Å².